The van der Waals surface area contributed by atoms with Gasteiger partial charge in [0.05, 0.1) is 62.5 Å². The second kappa shape index (κ2) is 6.75. The Labute approximate surface area is 161 Å². The van der Waals surface area contributed by atoms with Crippen LogP contribution in [0.25, 0.3) is 0 Å². The van der Waals surface area contributed by atoms with Crippen LogP contribution >= 0.6 is 0 Å². The number of hydrogen-bond donors (Lipinski definition) is 0. The number of rotatable bonds is 1. The normalized spacial score (nSPS) is 28.8. The molecule has 0 aliphatic carbocycles. The first-order chi connectivity index (χ1) is 12.7. The summed E-state index contributed by atoms with van der Waals surface area (Å²) in [7, 11) is 0. The minimum Gasteiger partial charge on any atom is -0.444 e. The third-order valence-corrected chi connectivity index (χ3v) is 6.66. The van der Waals surface area contributed by atoms with Gasteiger partial charge < -0.3 is 9.47 Å². The van der Waals surface area contributed by atoms with Crippen LogP contribution in [0.1, 0.15) is 33.4 Å². The van der Waals surface area contributed by atoms with Gasteiger partial charge in [0.1, 0.15) is 5.60 Å². The van der Waals surface area contributed by atoms with Gasteiger partial charge in [0.15, 0.2) is 11.2 Å². The van der Waals surface area contributed by atoms with Gasteiger partial charge in [-0.25, -0.2) is 9.00 Å². The van der Waals surface area contributed by atoms with Crippen LogP contribution in [0.3, 0.4) is 0 Å². The quantitative estimate of drug-likeness (QED) is 0.710. The molecule has 150 valence electrons. The summed E-state index contributed by atoms with van der Waals surface area (Å²) in [6.45, 7) is 11.0. The maximum absolute atomic E-state index is 13.0. The highest BCUT2D eigenvalue weighted by atomic mass is 32.2. The Morgan fingerprint density at radius 2 is 2.15 bits per heavy atom. The zero-order valence-corrected chi connectivity index (χ0v) is 17.1. The lowest BCUT2D eigenvalue weighted by atomic mass is 10.2. The van der Waals surface area contributed by atoms with Gasteiger partial charge in [0, 0.05) is 6.54 Å². The van der Waals surface area contributed by atoms with Crippen LogP contribution in [0.4, 0.5) is 10.5 Å². The molecule has 1 amide bonds. The van der Waals surface area contributed by atoms with Crippen LogP contribution in [0.15, 0.2) is 6.20 Å². The molecule has 2 saturated heterocycles. The number of ether oxygens (including phenoxy) is 2. The number of carbonyl (C=O) groups is 1. The van der Waals surface area contributed by atoms with Crippen LogP contribution in [0.5, 0.6) is 0 Å². The number of hydrogen-bond acceptors (Lipinski definition) is 5. The standard InChI is InChI=1S/C17H27N5O4S/c1-12-8-20-15(10-19(12)16(23)26-17(2,3)4)14(7-18-20)22-9-13-11-25-6-5-21(13)27(22)24/h7,12-13H,5-6,8-11H2,1-4H3/t12-,13?,27?/m0/s1. The van der Waals surface area contributed by atoms with Crippen molar-refractivity contribution in [2.45, 2.75) is 58.5 Å². The third kappa shape index (κ3) is 3.45. The number of fused-ring (bicyclic) bond motifs is 2. The number of anilines is 1. The summed E-state index contributed by atoms with van der Waals surface area (Å²) in [5.41, 5.74) is 1.17. The highest BCUT2D eigenvalue weighted by molar-refractivity contribution is 7.84. The van der Waals surface area contributed by atoms with E-state index >= 15 is 0 Å². The van der Waals surface area contributed by atoms with E-state index in [2.05, 4.69) is 5.10 Å². The fourth-order valence-electron chi connectivity index (χ4n) is 3.71. The molecule has 2 fully saturated rings. The molecule has 9 nitrogen and oxygen atoms in total. The molecule has 0 spiro atoms. The predicted octanol–water partition coefficient (Wildman–Crippen LogP) is 1.12. The molecule has 0 bridgehead atoms. The molecule has 4 rings (SSSR count). The molecule has 1 aromatic heterocycles. The van der Waals surface area contributed by atoms with Crippen molar-refractivity contribution >= 4 is 23.0 Å². The van der Waals surface area contributed by atoms with Gasteiger partial charge in [0.25, 0.3) is 0 Å². The van der Waals surface area contributed by atoms with E-state index in [1.807, 2.05) is 41.0 Å². The summed E-state index contributed by atoms with van der Waals surface area (Å²) >= 11 is -1.25. The fourth-order valence-corrected chi connectivity index (χ4v) is 5.20. The molecule has 0 aromatic carbocycles. The average molecular weight is 398 g/mol. The zero-order chi connectivity index (χ0) is 19.3. The monoisotopic (exact) mass is 397 g/mol. The summed E-state index contributed by atoms with van der Waals surface area (Å²) in [6.07, 6.45) is 1.43. The van der Waals surface area contributed by atoms with E-state index < -0.39 is 16.8 Å². The first kappa shape index (κ1) is 18.7. The van der Waals surface area contributed by atoms with Gasteiger partial charge >= 0.3 is 6.09 Å². The lowest BCUT2D eigenvalue weighted by Gasteiger charge is -2.36. The van der Waals surface area contributed by atoms with Gasteiger partial charge in [0.2, 0.25) is 0 Å². The molecule has 10 heteroatoms. The molecular weight excluding hydrogens is 370 g/mol. The molecule has 0 N–H and O–H groups in total. The van der Waals surface area contributed by atoms with Crippen molar-refractivity contribution in [1.29, 1.82) is 0 Å². The van der Waals surface area contributed by atoms with E-state index in [9.17, 15) is 9.00 Å². The van der Waals surface area contributed by atoms with Gasteiger partial charge in [-0.1, -0.05) is 0 Å². The first-order valence-corrected chi connectivity index (χ1v) is 10.4. The largest absolute Gasteiger partial charge is 0.444 e. The van der Waals surface area contributed by atoms with Crippen molar-refractivity contribution in [2.24, 2.45) is 0 Å². The van der Waals surface area contributed by atoms with Gasteiger partial charge in [-0.3, -0.25) is 13.9 Å². The van der Waals surface area contributed by atoms with Crippen LogP contribution in [0, 0.1) is 0 Å². The molecule has 27 heavy (non-hydrogen) atoms. The van der Waals surface area contributed by atoms with E-state index in [0.717, 1.165) is 11.4 Å². The van der Waals surface area contributed by atoms with Crippen molar-refractivity contribution < 1.29 is 18.5 Å². The van der Waals surface area contributed by atoms with E-state index in [1.54, 1.807) is 11.1 Å². The molecule has 4 heterocycles. The Morgan fingerprint density at radius 1 is 1.37 bits per heavy atom. The lowest BCUT2D eigenvalue weighted by molar-refractivity contribution is 0.00914. The van der Waals surface area contributed by atoms with Crippen molar-refractivity contribution in [3.8, 4) is 0 Å². The zero-order valence-electron chi connectivity index (χ0n) is 16.3. The Kier molecular flexibility index (Phi) is 4.68. The summed E-state index contributed by atoms with van der Waals surface area (Å²) in [5.74, 6) is 0. The van der Waals surface area contributed by atoms with Gasteiger partial charge in [-0.15, -0.1) is 0 Å². The fraction of sp³-hybridized carbons (Fsp3) is 0.765. The highest BCUT2D eigenvalue weighted by Gasteiger charge is 2.42. The van der Waals surface area contributed by atoms with Gasteiger partial charge in [-0.05, 0) is 27.7 Å². The van der Waals surface area contributed by atoms with Crippen LogP contribution in [-0.2, 0) is 33.7 Å². The Morgan fingerprint density at radius 3 is 2.85 bits per heavy atom. The molecule has 3 aliphatic heterocycles. The maximum Gasteiger partial charge on any atom is 0.410 e. The van der Waals surface area contributed by atoms with Crippen molar-refractivity contribution in [2.75, 3.05) is 30.6 Å². The minimum atomic E-state index is -1.25. The smallest absolute Gasteiger partial charge is 0.410 e. The molecule has 3 aliphatic rings. The first-order valence-electron chi connectivity index (χ1n) is 9.33. The lowest BCUT2D eigenvalue weighted by Crippen LogP contribution is -2.47. The molecule has 0 saturated carbocycles. The summed E-state index contributed by atoms with van der Waals surface area (Å²) < 4.78 is 29.8. The Bertz CT molecular complexity index is 761. The van der Waals surface area contributed by atoms with Gasteiger partial charge in [-0.2, -0.15) is 9.40 Å². The van der Waals surface area contributed by atoms with Crippen molar-refractivity contribution in [3.05, 3.63) is 11.9 Å². The number of aromatic nitrogens is 2. The minimum absolute atomic E-state index is 0.0242. The number of carbonyl (C=O) groups excluding carboxylic acids is 1. The molecular formula is C17H27N5O4S. The number of amides is 1. The second-order valence-corrected chi connectivity index (χ2v) is 9.65. The molecule has 0 radical (unpaired) electrons. The van der Waals surface area contributed by atoms with Crippen LogP contribution in [-0.4, -0.2) is 73.3 Å². The number of morpholine rings is 1. The Balaban J connectivity index is 1.57. The van der Waals surface area contributed by atoms with E-state index in [0.29, 0.717) is 39.4 Å². The molecule has 2 unspecified atom stereocenters. The van der Waals surface area contributed by atoms with Crippen LogP contribution < -0.4 is 4.31 Å². The van der Waals surface area contributed by atoms with E-state index in [-0.39, 0.29) is 18.2 Å². The summed E-state index contributed by atoms with van der Waals surface area (Å²) in [5, 5.41) is 4.48. The highest BCUT2D eigenvalue weighted by Crippen LogP contribution is 2.33. The summed E-state index contributed by atoms with van der Waals surface area (Å²) in [6, 6.07) is 0.100. The SMILES string of the molecule is C[C@H]1Cn2ncc(N3CC4COCCN4S3=O)c2CN1C(=O)OC(C)(C)C. The van der Waals surface area contributed by atoms with Crippen molar-refractivity contribution in [3.63, 3.8) is 0 Å². The number of nitrogens with zero attached hydrogens (tertiary/aromatic N) is 5. The molecule has 1 aromatic rings. The topological polar surface area (TPSA) is 80.1 Å². The average Bonchev–Trinajstić information content (AvgIpc) is 3.13. The van der Waals surface area contributed by atoms with Crippen molar-refractivity contribution in [1.82, 2.24) is 19.0 Å². The maximum atomic E-state index is 13.0. The molecule has 3 atom stereocenters. The second-order valence-electron chi connectivity index (χ2n) is 8.28. The predicted molar refractivity (Wildman–Crippen MR) is 100 cm³/mol. The van der Waals surface area contributed by atoms with E-state index in [4.69, 9.17) is 9.47 Å². The Hall–Kier alpha value is -1.65. The summed E-state index contributed by atoms with van der Waals surface area (Å²) in [4.78, 5) is 14.4. The van der Waals surface area contributed by atoms with Crippen LogP contribution in [0.2, 0.25) is 0 Å². The van der Waals surface area contributed by atoms with E-state index in [1.165, 1.54) is 0 Å². The third-order valence-electron chi connectivity index (χ3n) is 5.05.